The molecule has 2 heterocycles. The fourth-order valence-electron chi connectivity index (χ4n) is 3.59. The van der Waals surface area contributed by atoms with Crippen molar-refractivity contribution >= 4 is 44.7 Å². The van der Waals surface area contributed by atoms with Crippen LogP contribution in [0, 0.1) is 5.92 Å². The topological polar surface area (TPSA) is 92.8 Å². The number of sulfonamides is 1. The van der Waals surface area contributed by atoms with Gasteiger partial charge in [0.25, 0.3) is 15.9 Å². The summed E-state index contributed by atoms with van der Waals surface area (Å²) in [6.07, 6.45) is 1.23. The Balaban J connectivity index is 1.90. The van der Waals surface area contributed by atoms with Crippen molar-refractivity contribution in [1.82, 2.24) is 9.62 Å². The minimum atomic E-state index is -4.14. The van der Waals surface area contributed by atoms with E-state index in [1.165, 1.54) is 11.3 Å². The number of benzene rings is 1. The quantitative estimate of drug-likeness (QED) is 0.290. The zero-order chi connectivity index (χ0) is 26.3. The molecule has 0 aliphatic heterocycles. The lowest BCUT2D eigenvalue weighted by atomic mass is 10.0. The van der Waals surface area contributed by atoms with E-state index in [2.05, 4.69) is 18.6 Å². The van der Waals surface area contributed by atoms with Crippen molar-refractivity contribution in [1.29, 1.82) is 0 Å². The van der Waals surface area contributed by atoms with E-state index in [-0.39, 0.29) is 16.7 Å². The summed E-state index contributed by atoms with van der Waals surface area (Å²) in [7, 11) is -2.40. The second kappa shape index (κ2) is 12.5. The van der Waals surface area contributed by atoms with E-state index in [9.17, 15) is 18.0 Å². The Hall–Kier alpha value is -2.69. The number of rotatable bonds is 11. The predicted molar refractivity (Wildman–Crippen MR) is 145 cm³/mol. The second-order valence-electron chi connectivity index (χ2n) is 8.95. The number of ether oxygens (including phenoxy) is 1. The highest BCUT2D eigenvalue weighted by Crippen LogP contribution is 2.36. The molecule has 36 heavy (non-hydrogen) atoms. The molecule has 0 unspecified atom stereocenters. The summed E-state index contributed by atoms with van der Waals surface area (Å²) in [4.78, 5) is 28.0. The number of carbonyl (C=O) groups excluding carboxylic acids is 2. The largest absolute Gasteiger partial charge is 0.449 e. The first kappa shape index (κ1) is 27.9. The van der Waals surface area contributed by atoms with E-state index in [1.54, 1.807) is 18.0 Å². The van der Waals surface area contributed by atoms with Crippen LogP contribution in [0.1, 0.15) is 53.7 Å². The summed E-state index contributed by atoms with van der Waals surface area (Å²) in [6, 6.07) is 13.0. The highest BCUT2D eigenvalue weighted by molar-refractivity contribution is 7.92. The molecule has 1 aromatic carbocycles. The SMILES string of the molecule is CCCCOC(=O)NS(=O)(=O)c1sc(CC(C)C)cc1-c1cccc(CN(C)C(=O)c2cccs2)c1. The Morgan fingerprint density at radius 1 is 1.14 bits per heavy atom. The van der Waals surface area contributed by atoms with Crippen LogP contribution in [0.4, 0.5) is 4.79 Å². The molecule has 0 saturated carbocycles. The minimum Gasteiger partial charge on any atom is -0.449 e. The van der Waals surface area contributed by atoms with Crippen LogP contribution in [0.5, 0.6) is 0 Å². The van der Waals surface area contributed by atoms with E-state index in [0.717, 1.165) is 28.2 Å². The molecule has 1 N–H and O–H groups in total. The number of amides is 2. The van der Waals surface area contributed by atoms with Gasteiger partial charge in [-0.15, -0.1) is 22.7 Å². The molecule has 7 nitrogen and oxygen atoms in total. The summed E-state index contributed by atoms with van der Waals surface area (Å²) < 4.78 is 33.5. The van der Waals surface area contributed by atoms with Gasteiger partial charge in [0.15, 0.2) is 0 Å². The first-order chi connectivity index (χ1) is 17.1. The highest BCUT2D eigenvalue weighted by atomic mass is 32.2. The number of hydrogen-bond donors (Lipinski definition) is 1. The van der Waals surface area contributed by atoms with Crippen molar-refractivity contribution in [3.8, 4) is 11.1 Å². The third-order valence-corrected chi connectivity index (χ3v) is 9.15. The van der Waals surface area contributed by atoms with Crippen LogP contribution in [0.25, 0.3) is 11.1 Å². The number of hydrogen-bond acceptors (Lipinski definition) is 7. The highest BCUT2D eigenvalue weighted by Gasteiger charge is 2.26. The number of nitrogens with zero attached hydrogens (tertiary/aromatic N) is 1. The van der Waals surface area contributed by atoms with Crippen molar-refractivity contribution in [2.75, 3.05) is 13.7 Å². The molecule has 3 aromatic rings. The first-order valence-electron chi connectivity index (χ1n) is 11.8. The summed E-state index contributed by atoms with van der Waals surface area (Å²) in [5, 5.41) is 1.86. The molecule has 0 saturated heterocycles. The summed E-state index contributed by atoms with van der Waals surface area (Å²) in [5.41, 5.74) is 2.10. The van der Waals surface area contributed by atoms with E-state index in [4.69, 9.17) is 4.74 Å². The van der Waals surface area contributed by atoms with Crippen molar-refractivity contribution in [2.24, 2.45) is 5.92 Å². The summed E-state index contributed by atoms with van der Waals surface area (Å²) >= 11 is 2.55. The third-order valence-electron chi connectivity index (χ3n) is 5.29. The zero-order valence-corrected chi connectivity index (χ0v) is 23.4. The molecule has 10 heteroatoms. The van der Waals surface area contributed by atoms with Gasteiger partial charge in [0, 0.05) is 24.0 Å². The lowest BCUT2D eigenvalue weighted by Gasteiger charge is -2.17. The van der Waals surface area contributed by atoms with Gasteiger partial charge >= 0.3 is 6.09 Å². The van der Waals surface area contributed by atoms with E-state index >= 15 is 0 Å². The van der Waals surface area contributed by atoms with E-state index < -0.39 is 16.1 Å². The maximum atomic E-state index is 13.2. The van der Waals surface area contributed by atoms with E-state index in [0.29, 0.717) is 41.3 Å². The number of thiophene rings is 2. The Labute approximate surface area is 221 Å². The van der Waals surface area contributed by atoms with Crippen LogP contribution >= 0.6 is 22.7 Å². The van der Waals surface area contributed by atoms with Crippen LogP contribution < -0.4 is 4.72 Å². The smallest absolute Gasteiger partial charge is 0.421 e. The zero-order valence-electron chi connectivity index (χ0n) is 20.9. The van der Waals surface area contributed by atoms with Crippen molar-refractivity contribution < 1.29 is 22.7 Å². The number of nitrogens with one attached hydrogen (secondary N) is 1. The molecule has 0 fully saturated rings. The first-order valence-corrected chi connectivity index (χ1v) is 15.0. The standard InChI is InChI=1S/C26H32N2O5S3/c1-5-6-12-33-26(30)27-36(31,32)25-22(16-21(35-25)14-18(2)3)20-10-7-9-19(15-20)17-28(4)24(29)23-11-8-13-34-23/h7-11,13,15-16,18H,5-6,12,14,17H2,1-4H3,(H,27,30). The Bertz CT molecular complexity index is 1280. The number of carbonyl (C=O) groups is 2. The van der Waals surface area contributed by atoms with Gasteiger partial charge in [0.05, 0.1) is 11.5 Å². The Morgan fingerprint density at radius 2 is 1.92 bits per heavy atom. The molecular weight excluding hydrogens is 516 g/mol. The predicted octanol–water partition coefficient (Wildman–Crippen LogP) is 6.16. The maximum absolute atomic E-state index is 13.2. The molecule has 2 amide bonds. The number of unbranched alkanes of at least 4 members (excludes halogenated alkanes) is 1. The van der Waals surface area contributed by atoms with Gasteiger partial charge in [-0.2, -0.15) is 0 Å². The third kappa shape index (κ3) is 7.41. The molecule has 0 radical (unpaired) electrons. The lowest BCUT2D eigenvalue weighted by Crippen LogP contribution is -2.31. The molecule has 0 aliphatic carbocycles. The average Bonchev–Trinajstić information content (AvgIpc) is 3.49. The van der Waals surface area contributed by atoms with Crippen LogP contribution in [0.3, 0.4) is 0 Å². The van der Waals surface area contributed by atoms with Crippen molar-refractivity contribution in [3.63, 3.8) is 0 Å². The van der Waals surface area contributed by atoms with Crippen molar-refractivity contribution in [2.45, 2.75) is 50.8 Å². The Kier molecular flexibility index (Phi) is 9.69. The second-order valence-corrected chi connectivity index (χ2v) is 12.9. The van der Waals surface area contributed by atoms with Gasteiger partial charge in [-0.25, -0.2) is 17.9 Å². The fourth-order valence-corrected chi connectivity index (χ4v) is 7.15. The van der Waals surface area contributed by atoms with Crippen LogP contribution in [0.15, 0.2) is 52.1 Å². The monoisotopic (exact) mass is 548 g/mol. The normalized spacial score (nSPS) is 11.5. The van der Waals surface area contributed by atoms with Crippen LogP contribution in [-0.2, 0) is 27.7 Å². The molecule has 194 valence electrons. The van der Waals surface area contributed by atoms with Gasteiger partial charge in [-0.1, -0.05) is 51.5 Å². The maximum Gasteiger partial charge on any atom is 0.421 e. The van der Waals surface area contributed by atoms with Crippen LogP contribution in [-0.4, -0.2) is 39.0 Å². The lowest BCUT2D eigenvalue weighted by molar-refractivity contribution is 0.0790. The molecule has 3 rings (SSSR count). The molecule has 2 aromatic heterocycles. The summed E-state index contributed by atoms with van der Waals surface area (Å²) in [6.45, 7) is 6.62. The fraction of sp³-hybridized carbons (Fsp3) is 0.385. The van der Waals surface area contributed by atoms with Crippen LogP contribution in [0.2, 0.25) is 0 Å². The average molecular weight is 549 g/mol. The van der Waals surface area contributed by atoms with Gasteiger partial charge < -0.3 is 9.64 Å². The molecule has 0 aliphatic rings. The molecular formula is C26H32N2O5S3. The Morgan fingerprint density at radius 3 is 2.58 bits per heavy atom. The minimum absolute atomic E-state index is 0.0702. The van der Waals surface area contributed by atoms with Gasteiger partial charge in [0.2, 0.25) is 0 Å². The molecule has 0 spiro atoms. The molecule has 0 bridgehead atoms. The van der Waals surface area contributed by atoms with Gasteiger partial charge in [0.1, 0.15) is 4.21 Å². The summed E-state index contributed by atoms with van der Waals surface area (Å²) in [5.74, 6) is 0.265. The molecule has 0 atom stereocenters. The van der Waals surface area contributed by atoms with Crippen molar-refractivity contribution in [3.05, 3.63) is 63.2 Å². The van der Waals surface area contributed by atoms with E-state index in [1.807, 2.05) is 48.7 Å². The van der Waals surface area contributed by atoms with Gasteiger partial charge in [-0.05, 0) is 53.5 Å². The van der Waals surface area contributed by atoms with Gasteiger partial charge in [-0.3, -0.25) is 4.79 Å².